The van der Waals surface area contributed by atoms with Crippen LogP contribution in [0, 0.1) is 0 Å². The number of rotatable bonds is 18. The van der Waals surface area contributed by atoms with Crippen molar-refractivity contribution in [3.05, 3.63) is 167 Å². The summed E-state index contributed by atoms with van der Waals surface area (Å²) in [5, 5.41) is 14.4. The van der Waals surface area contributed by atoms with Crippen molar-refractivity contribution >= 4 is 80.5 Å². The molecule has 1 amide bonds. The number of ketones is 1. The van der Waals surface area contributed by atoms with Gasteiger partial charge in [-0.2, -0.15) is 9.13 Å². The highest BCUT2D eigenvalue weighted by Gasteiger charge is 2.21. The van der Waals surface area contributed by atoms with Gasteiger partial charge in [-0.05, 0) is 99.2 Å². The number of para-hydroxylation sites is 4. The first-order valence-corrected chi connectivity index (χ1v) is 22.8. The van der Waals surface area contributed by atoms with Crippen molar-refractivity contribution in [3.63, 3.8) is 0 Å². The Morgan fingerprint density at radius 1 is 0.703 bits per heavy atom. The molecule has 4 heterocycles. The van der Waals surface area contributed by atoms with E-state index in [1.165, 1.54) is 20.5 Å². The molecular formula is C53H61N7O2S2+2. The van der Waals surface area contributed by atoms with Gasteiger partial charge in [-0.1, -0.05) is 111 Å². The third-order valence-electron chi connectivity index (χ3n) is 11.0. The van der Waals surface area contributed by atoms with Crippen LogP contribution in [-0.4, -0.2) is 63.4 Å². The number of hydrogen-bond donors (Lipinski definition) is 3. The average Bonchev–Trinajstić information content (AvgIpc) is 3.86. The zero-order valence-electron chi connectivity index (χ0n) is 35.3. The summed E-state index contributed by atoms with van der Waals surface area (Å²) >= 11 is 3.51. The van der Waals surface area contributed by atoms with Gasteiger partial charge in [-0.15, -0.1) is 0 Å². The fourth-order valence-electron chi connectivity index (χ4n) is 7.78. The van der Waals surface area contributed by atoms with Crippen LogP contribution in [-0.2, 0) is 22.7 Å². The number of nitrogens with one attached hydrogen (secondary N) is 3. The first-order valence-electron chi connectivity index (χ1n) is 21.2. The Kier molecular flexibility index (Phi) is 17.1. The minimum Gasteiger partial charge on any atom is -0.351 e. The molecule has 0 atom stereocenters. The van der Waals surface area contributed by atoms with Gasteiger partial charge >= 0.3 is 0 Å². The summed E-state index contributed by atoms with van der Waals surface area (Å²) in [5.41, 5.74) is 6.65. The van der Waals surface area contributed by atoms with Crippen LogP contribution in [0.25, 0.3) is 34.0 Å². The van der Waals surface area contributed by atoms with E-state index in [2.05, 4.69) is 155 Å². The van der Waals surface area contributed by atoms with E-state index in [-0.39, 0.29) is 33.1 Å². The van der Waals surface area contributed by atoms with Crippen LogP contribution in [0.4, 0.5) is 11.4 Å². The van der Waals surface area contributed by atoms with Crippen molar-refractivity contribution in [2.45, 2.75) is 50.6 Å². The molecule has 11 heteroatoms. The number of aromatic nitrogens is 2. The number of carbonyl (C=O) groups is 2. The summed E-state index contributed by atoms with van der Waals surface area (Å²) in [7, 11) is 4.21. The highest BCUT2D eigenvalue weighted by molar-refractivity contribution is 8.04. The van der Waals surface area contributed by atoms with Gasteiger partial charge in [0.05, 0.1) is 38.8 Å². The lowest BCUT2D eigenvalue weighted by Gasteiger charge is -2.16. The lowest BCUT2D eigenvalue weighted by Crippen LogP contribution is -2.43. The Labute approximate surface area is 387 Å². The van der Waals surface area contributed by atoms with Gasteiger partial charge in [0.2, 0.25) is 29.9 Å². The Balaban J connectivity index is 0.00000340. The van der Waals surface area contributed by atoms with Crippen molar-refractivity contribution in [2.24, 2.45) is 0 Å². The molecule has 0 saturated carbocycles. The molecule has 0 spiro atoms. The number of nitrogens with zero attached hydrogens (tertiary/aromatic N) is 4. The molecule has 9 nitrogen and oxygen atoms in total. The highest BCUT2D eigenvalue weighted by atomic mass is 32.2. The lowest BCUT2D eigenvalue weighted by molar-refractivity contribution is -0.658. The molecule has 4 aromatic carbocycles. The molecule has 8 rings (SSSR count). The van der Waals surface area contributed by atoms with Gasteiger partial charge in [0.1, 0.15) is 0 Å². The van der Waals surface area contributed by atoms with E-state index in [1.807, 2.05) is 51.9 Å². The number of pyridine rings is 2. The first kappa shape index (κ1) is 47.5. The van der Waals surface area contributed by atoms with E-state index in [9.17, 15) is 9.59 Å². The number of benzene rings is 4. The maximum atomic E-state index is 13.0. The number of hydrogen-bond acceptors (Lipinski definition) is 8. The van der Waals surface area contributed by atoms with Crippen molar-refractivity contribution in [1.29, 1.82) is 0 Å². The highest BCUT2D eigenvalue weighted by Crippen LogP contribution is 2.44. The molecule has 3 N–H and O–H groups in total. The summed E-state index contributed by atoms with van der Waals surface area (Å²) in [6, 6.07) is 37.4. The predicted octanol–water partition coefficient (Wildman–Crippen LogP) is 9.70. The topological polar surface area (TPSA) is 84.5 Å². The summed E-state index contributed by atoms with van der Waals surface area (Å²) in [4.78, 5) is 33.0. The predicted molar refractivity (Wildman–Crippen MR) is 270 cm³/mol. The SMILES string of the molecule is C.C.CN(CCCNCC(=O)C[n+]1ccc(C=CC=C2Sc3ccccc3N2C)c2ccccc21)CCCNC(=O)C[n+]1ccc(C=CC=C2Nc3ccccc3S2)c2ccccc21. The third kappa shape index (κ3) is 12.0. The lowest BCUT2D eigenvalue weighted by atomic mass is 10.1. The van der Waals surface area contributed by atoms with Crippen LogP contribution in [0.3, 0.4) is 0 Å². The fourth-order valence-corrected chi connectivity index (χ4v) is 9.76. The van der Waals surface area contributed by atoms with Crippen LogP contribution in [0.2, 0.25) is 0 Å². The van der Waals surface area contributed by atoms with Crippen molar-refractivity contribution in [2.75, 3.05) is 57.0 Å². The minimum absolute atomic E-state index is 0. The second-order valence-electron chi connectivity index (χ2n) is 15.5. The van der Waals surface area contributed by atoms with Crippen molar-refractivity contribution in [3.8, 4) is 0 Å². The number of carbonyl (C=O) groups excluding carboxylic acids is 2. The number of allylic oxidation sites excluding steroid dienone is 4. The molecule has 2 aliphatic heterocycles. The standard InChI is InChI=1S/C51H51N7O2S2.2CH4/c1-55(32-14-30-53-49(60)37-58-34-28-38(42-18-4-7-21-45(42)58)15-11-25-50-54-43-19-5-9-23-47(43)61-50)31-13-29-52-35-40(59)36-57-33-27-39(41-17-3-6-20-44(41)57)16-12-26-51-56(2)46-22-8-10-24-48(46)62-51;;/h3-12,15-28,33-34,52H,13-14,29-32,35-37H2,1-2H3;2*1H4/p+2. The van der Waals surface area contributed by atoms with E-state index in [1.54, 1.807) is 23.5 Å². The van der Waals surface area contributed by atoms with E-state index in [4.69, 9.17) is 0 Å². The largest absolute Gasteiger partial charge is 0.351 e. The van der Waals surface area contributed by atoms with E-state index in [0.29, 0.717) is 19.6 Å². The van der Waals surface area contributed by atoms with Crippen LogP contribution in [0.5, 0.6) is 0 Å². The molecular weight excluding hydrogens is 831 g/mol. The van der Waals surface area contributed by atoms with Crippen LogP contribution in [0.15, 0.2) is 166 Å². The monoisotopic (exact) mass is 891 g/mol. The maximum Gasteiger partial charge on any atom is 0.286 e. The molecule has 0 bridgehead atoms. The van der Waals surface area contributed by atoms with Gasteiger partial charge < -0.3 is 25.8 Å². The Hall–Kier alpha value is -5.98. The molecule has 330 valence electrons. The molecule has 6 aromatic rings. The smallest absolute Gasteiger partial charge is 0.286 e. The summed E-state index contributed by atoms with van der Waals surface area (Å²) < 4.78 is 4.06. The van der Waals surface area contributed by atoms with Gasteiger partial charge in [-0.25, -0.2) is 0 Å². The van der Waals surface area contributed by atoms with Crippen molar-refractivity contribution < 1.29 is 18.7 Å². The number of Topliss-reactive ketones (excluding diaryl/α,β-unsaturated/α-hetero) is 1. The molecule has 0 fully saturated rings. The number of fused-ring (bicyclic) bond motifs is 4. The summed E-state index contributed by atoms with van der Waals surface area (Å²) in [6.07, 6.45) is 18.5. The molecule has 2 aliphatic rings. The first-order chi connectivity index (χ1) is 30.4. The third-order valence-corrected chi connectivity index (χ3v) is 13.2. The molecule has 64 heavy (non-hydrogen) atoms. The van der Waals surface area contributed by atoms with Crippen LogP contribution < -0.4 is 30.0 Å². The zero-order valence-corrected chi connectivity index (χ0v) is 36.9. The van der Waals surface area contributed by atoms with Crippen LogP contribution in [0.1, 0.15) is 38.8 Å². The maximum absolute atomic E-state index is 13.0. The van der Waals surface area contributed by atoms with E-state index in [0.717, 1.165) is 76.1 Å². The Bertz CT molecular complexity index is 2680. The number of amides is 1. The molecule has 0 saturated heterocycles. The Morgan fingerprint density at radius 2 is 1.30 bits per heavy atom. The van der Waals surface area contributed by atoms with E-state index < -0.39 is 0 Å². The average molecular weight is 892 g/mol. The van der Waals surface area contributed by atoms with Gasteiger partial charge in [0, 0.05) is 47.6 Å². The Morgan fingerprint density at radius 3 is 1.98 bits per heavy atom. The number of thioether (sulfide) groups is 2. The quantitative estimate of drug-likeness (QED) is 0.0582. The fraction of sp³-hybridized carbons (Fsp3) is 0.245. The molecule has 2 aromatic heterocycles. The number of anilines is 2. The molecule has 0 unspecified atom stereocenters. The second kappa shape index (κ2) is 23.1. The van der Waals surface area contributed by atoms with Gasteiger partial charge in [-0.3, -0.25) is 9.59 Å². The van der Waals surface area contributed by atoms with Gasteiger partial charge in [0.25, 0.3) is 5.91 Å². The van der Waals surface area contributed by atoms with Gasteiger partial charge in [0.15, 0.2) is 12.4 Å². The summed E-state index contributed by atoms with van der Waals surface area (Å²) in [6.45, 7) is 4.07. The molecule has 0 radical (unpaired) electrons. The zero-order chi connectivity index (χ0) is 42.7. The van der Waals surface area contributed by atoms with Crippen molar-refractivity contribution in [1.82, 2.24) is 15.5 Å². The normalized spacial score (nSPS) is 14.3. The van der Waals surface area contributed by atoms with E-state index >= 15 is 0 Å². The minimum atomic E-state index is -0.000648. The summed E-state index contributed by atoms with van der Waals surface area (Å²) in [5.74, 6) is 0.146. The second-order valence-corrected chi connectivity index (χ2v) is 17.7. The van der Waals surface area contributed by atoms with Crippen LogP contribution >= 0.6 is 23.5 Å². The molecule has 0 aliphatic carbocycles.